The Kier molecular flexibility index (Phi) is 8.71. The number of hydrogen-bond donors (Lipinski definition) is 1. The SMILES string of the molecule is CCN1CCN(C(=O)C(C)CNC)c2ccccc21.Cl.Cl. The summed E-state index contributed by atoms with van der Waals surface area (Å²) in [5.74, 6) is 0.212. The first-order valence-electron chi connectivity index (χ1n) is 6.99. The average molecular weight is 334 g/mol. The second-order valence-corrected chi connectivity index (χ2v) is 5.02. The molecule has 1 amide bonds. The molecule has 0 saturated carbocycles. The number of para-hydroxylation sites is 2. The van der Waals surface area contributed by atoms with E-state index < -0.39 is 0 Å². The molecule has 1 unspecified atom stereocenters. The van der Waals surface area contributed by atoms with Gasteiger partial charge in [0.2, 0.25) is 5.91 Å². The van der Waals surface area contributed by atoms with Crippen LogP contribution in [0, 0.1) is 5.92 Å². The number of amides is 1. The summed E-state index contributed by atoms with van der Waals surface area (Å²) >= 11 is 0. The molecule has 21 heavy (non-hydrogen) atoms. The molecule has 1 aromatic carbocycles. The van der Waals surface area contributed by atoms with Crippen molar-refractivity contribution in [2.24, 2.45) is 5.92 Å². The van der Waals surface area contributed by atoms with Crippen molar-refractivity contribution >= 4 is 42.1 Å². The molecule has 1 N–H and O–H groups in total. The third-order valence-corrected chi connectivity index (χ3v) is 3.69. The minimum absolute atomic E-state index is 0. The second kappa shape index (κ2) is 9.13. The number of nitrogens with zero attached hydrogens (tertiary/aromatic N) is 2. The highest BCUT2D eigenvalue weighted by Crippen LogP contribution is 2.33. The van der Waals surface area contributed by atoms with Gasteiger partial charge in [0.05, 0.1) is 11.4 Å². The van der Waals surface area contributed by atoms with E-state index in [4.69, 9.17) is 0 Å². The van der Waals surface area contributed by atoms with Crippen LogP contribution < -0.4 is 15.1 Å². The van der Waals surface area contributed by atoms with Gasteiger partial charge in [0.15, 0.2) is 0 Å². The number of rotatable bonds is 4. The first-order chi connectivity index (χ1) is 9.19. The molecule has 0 fully saturated rings. The van der Waals surface area contributed by atoms with Gasteiger partial charge >= 0.3 is 0 Å². The van der Waals surface area contributed by atoms with Crippen LogP contribution in [0.1, 0.15) is 13.8 Å². The molecule has 4 nitrogen and oxygen atoms in total. The molecular weight excluding hydrogens is 309 g/mol. The zero-order chi connectivity index (χ0) is 13.8. The van der Waals surface area contributed by atoms with Crippen LogP contribution >= 0.6 is 24.8 Å². The van der Waals surface area contributed by atoms with Crippen LogP contribution in [0.3, 0.4) is 0 Å². The number of carbonyl (C=O) groups is 1. The van der Waals surface area contributed by atoms with Crippen molar-refractivity contribution in [3.05, 3.63) is 24.3 Å². The van der Waals surface area contributed by atoms with Gasteiger partial charge in [-0.05, 0) is 26.1 Å². The van der Waals surface area contributed by atoms with E-state index in [0.29, 0.717) is 0 Å². The van der Waals surface area contributed by atoms with Crippen molar-refractivity contribution < 1.29 is 4.79 Å². The van der Waals surface area contributed by atoms with E-state index in [1.54, 1.807) is 0 Å². The number of nitrogens with one attached hydrogen (secondary N) is 1. The lowest BCUT2D eigenvalue weighted by Gasteiger charge is -2.38. The van der Waals surface area contributed by atoms with Crippen molar-refractivity contribution in [3.63, 3.8) is 0 Å². The molecule has 0 aromatic heterocycles. The minimum Gasteiger partial charge on any atom is -0.368 e. The maximum Gasteiger partial charge on any atom is 0.231 e. The third kappa shape index (κ3) is 4.25. The highest BCUT2D eigenvalue weighted by molar-refractivity contribution is 5.99. The van der Waals surface area contributed by atoms with Crippen LogP contribution in [0.2, 0.25) is 0 Å². The first kappa shape index (κ1) is 20.0. The Labute approximate surface area is 139 Å². The number of benzene rings is 1. The largest absolute Gasteiger partial charge is 0.368 e. The van der Waals surface area contributed by atoms with E-state index in [2.05, 4.69) is 23.2 Å². The van der Waals surface area contributed by atoms with E-state index in [1.807, 2.05) is 37.1 Å². The van der Waals surface area contributed by atoms with Crippen molar-refractivity contribution in [1.82, 2.24) is 5.32 Å². The minimum atomic E-state index is 0. The predicted molar refractivity (Wildman–Crippen MR) is 94.3 cm³/mol. The maximum atomic E-state index is 12.5. The van der Waals surface area contributed by atoms with Crippen LogP contribution in [0.4, 0.5) is 11.4 Å². The molecule has 1 aliphatic heterocycles. The standard InChI is InChI=1S/C15H23N3O.2ClH/c1-4-17-9-10-18(15(19)12(2)11-16-3)14-8-6-5-7-13(14)17;;/h5-8,12,16H,4,9-11H2,1-3H3;2*1H. The van der Waals surface area contributed by atoms with Crippen LogP contribution in [0.15, 0.2) is 24.3 Å². The molecule has 1 atom stereocenters. The van der Waals surface area contributed by atoms with E-state index in [9.17, 15) is 4.79 Å². The summed E-state index contributed by atoms with van der Waals surface area (Å²) in [4.78, 5) is 16.8. The zero-order valence-electron chi connectivity index (χ0n) is 12.8. The van der Waals surface area contributed by atoms with Gasteiger partial charge in [-0.3, -0.25) is 4.79 Å². The quantitative estimate of drug-likeness (QED) is 0.919. The van der Waals surface area contributed by atoms with Gasteiger partial charge in [-0.1, -0.05) is 19.1 Å². The van der Waals surface area contributed by atoms with Crippen LogP contribution in [-0.2, 0) is 4.79 Å². The number of fused-ring (bicyclic) bond motifs is 1. The average Bonchev–Trinajstić information content (AvgIpc) is 2.45. The number of likely N-dealkylation sites (N-methyl/N-ethyl adjacent to an activating group) is 1. The fraction of sp³-hybridized carbons (Fsp3) is 0.533. The monoisotopic (exact) mass is 333 g/mol. The lowest BCUT2D eigenvalue weighted by atomic mass is 10.1. The van der Waals surface area contributed by atoms with Crippen molar-refractivity contribution in [3.8, 4) is 0 Å². The Morgan fingerprint density at radius 2 is 1.86 bits per heavy atom. The summed E-state index contributed by atoms with van der Waals surface area (Å²) in [6, 6.07) is 8.18. The lowest BCUT2D eigenvalue weighted by Crippen LogP contribution is -2.47. The van der Waals surface area contributed by atoms with Gasteiger partial charge in [-0.25, -0.2) is 0 Å². The summed E-state index contributed by atoms with van der Waals surface area (Å²) in [6.45, 7) is 7.51. The molecule has 1 heterocycles. The fourth-order valence-corrected chi connectivity index (χ4v) is 2.64. The molecule has 0 radical (unpaired) electrons. The van der Waals surface area contributed by atoms with Gasteiger partial charge in [-0.15, -0.1) is 24.8 Å². The van der Waals surface area contributed by atoms with Gasteiger partial charge in [0.1, 0.15) is 0 Å². The van der Waals surface area contributed by atoms with Gasteiger partial charge in [0.25, 0.3) is 0 Å². The summed E-state index contributed by atoms with van der Waals surface area (Å²) in [5.41, 5.74) is 2.21. The maximum absolute atomic E-state index is 12.5. The topological polar surface area (TPSA) is 35.6 Å². The fourth-order valence-electron chi connectivity index (χ4n) is 2.64. The summed E-state index contributed by atoms with van der Waals surface area (Å²) in [6.07, 6.45) is 0. The van der Waals surface area contributed by atoms with E-state index in [1.165, 1.54) is 5.69 Å². The molecule has 2 rings (SSSR count). The highest BCUT2D eigenvalue weighted by Gasteiger charge is 2.28. The molecule has 120 valence electrons. The highest BCUT2D eigenvalue weighted by atomic mass is 35.5. The Hall–Kier alpha value is -0.970. The second-order valence-electron chi connectivity index (χ2n) is 5.02. The van der Waals surface area contributed by atoms with E-state index in [0.717, 1.165) is 31.9 Å². The molecule has 1 aliphatic rings. The third-order valence-electron chi connectivity index (χ3n) is 3.69. The number of carbonyl (C=O) groups excluding carboxylic acids is 1. The number of hydrogen-bond acceptors (Lipinski definition) is 3. The van der Waals surface area contributed by atoms with Gasteiger partial charge < -0.3 is 15.1 Å². The normalized spacial score (nSPS) is 14.6. The van der Waals surface area contributed by atoms with Crippen molar-refractivity contribution in [2.45, 2.75) is 13.8 Å². The molecule has 0 aliphatic carbocycles. The van der Waals surface area contributed by atoms with Crippen LogP contribution in [0.25, 0.3) is 0 Å². The molecule has 0 bridgehead atoms. The lowest BCUT2D eigenvalue weighted by molar-refractivity contribution is -0.121. The molecule has 6 heteroatoms. The van der Waals surface area contributed by atoms with Gasteiger partial charge in [0, 0.05) is 32.1 Å². The Morgan fingerprint density at radius 3 is 2.43 bits per heavy atom. The smallest absolute Gasteiger partial charge is 0.231 e. The van der Waals surface area contributed by atoms with Crippen molar-refractivity contribution in [2.75, 3.05) is 43.0 Å². The summed E-state index contributed by atoms with van der Waals surface area (Å²) in [7, 11) is 1.88. The number of anilines is 2. The summed E-state index contributed by atoms with van der Waals surface area (Å²) < 4.78 is 0. The predicted octanol–water partition coefficient (Wildman–Crippen LogP) is 2.56. The zero-order valence-corrected chi connectivity index (χ0v) is 14.5. The van der Waals surface area contributed by atoms with Crippen LogP contribution in [0.5, 0.6) is 0 Å². The van der Waals surface area contributed by atoms with Gasteiger partial charge in [-0.2, -0.15) is 0 Å². The molecule has 0 saturated heterocycles. The van der Waals surface area contributed by atoms with Crippen LogP contribution in [-0.4, -0.2) is 39.1 Å². The molecular formula is C15H25Cl2N3O. The number of halogens is 2. The van der Waals surface area contributed by atoms with E-state index in [-0.39, 0.29) is 36.6 Å². The Balaban J connectivity index is 0.00000200. The molecule has 1 aromatic rings. The van der Waals surface area contributed by atoms with E-state index >= 15 is 0 Å². The first-order valence-corrected chi connectivity index (χ1v) is 6.99. The van der Waals surface area contributed by atoms with Crippen molar-refractivity contribution in [1.29, 1.82) is 0 Å². The summed E-state index contributed by atoms with van der Waals surface area (Å²) in [5, 5.41) is 3.07. The Bertz CT molecular complexity index is 456. The Morgan fingerprint density at radius 1 is 1.24 bits per heavy atom. The molecule has 0 spiro atoms.